The van der Waals surface area contributed by atoms with E-state index in [2.05, 4.69) is 4.98 Å². The molecule has 1 fully saturated rings. The highest BCUT2D eigenvalue weighted by Crippen LogP contribution is 2.30. The van der Waals surface area contributed by atoms with Gasteiger partial charge in [0.2, 0.25) is 0 Å². The third kappa shape index (κ3) is 3.60. The molecule has 0 radical (unpaired) electrons. The Morgan fingerprint density at radius 2 is 2.17 bits per heavy atom. The number of hydrogen-bond donors (Lipinski definition) is 1. The predicted octanol–water partition coefficient (Wildman–Crippen LogP) is 3.08. The number of piperidine rings is 1. The van der Waals surface area contributed by atoms with Crippen molar-refractivity contribution in [1.29, 1.82) is 0 Å². The maximum atomic E-state index is 12.8. The van der Waals surface area contributed by atoms with Crippen LogP contribution in [0.5, 0.6) is 5.75 Å². The second-order valence-corrected chi connectivity index (χ2v) is 7.04. The molecule has 2 aromatic rings. The van der Waals surface area contributed by atoms with Gasteiger partial charge in [-0.15, -0.1) is 11.3 Å². The highest BCUT2D eigenvalue weighted by atomic mass is 32.1. The number of carbonyl (C=O) groups excluding carboxylic acids is 1. The van der Waals surface area contributed by atoms with Gasteiger partial charge in [0.05, 0.1) is 12.3 Å². The lowest BCUT2D eigenvalue weighted by molar-refractivity contribution is 0.0713. The zero-order valence-corrected chi connectivity index (χ0v) is 14.9. The van der Waals surface area contributed by atoms with Gasteiger partial charge in [0.25, 0.3) is 5.91 Å². The van der Waals surface area contributed by atoms with E-state index in [0.29, 0.717) is 18.0 Å². The van der Waals surface area contributed by atoms with Crippen LogP contribution in [0.25, 0.3) is 10.6 Å². The number of ether oxygens (including phenoxy) is 1. The fraction of sp³-hybridized carbons (Fsp3) is 0.444. The fourth-order valence-electron chi connectivity index (χ4n) is 2.92. The highest BCUT2D eigenvalue weighted by molar-refractivity contribution is 7.17. The van der Waals surface area contributed by atoms with Crippen molar-refractivity contribution in [2.75, 3.05) is 19.7 Å². The number of aryl methyl sites for hydroxylation is 1. The lowest BCUT2D eigenvalue weighted by Gasteiger charge is -2.30. The predicted molar refractivity (Wildman–Crippen MR) is 96.6 cm³/mol. The number of benzene rings is 1. The Bertz CT molecular complexity index is 712. The number of nitrogens with two attached hydrogens (primary N) is 1. The normalized spacial score (nSPS) is 17.8. The van der Waals surface area contributed by atoms with Crippen LogP contribution in [0.15, 0.2) is 24.3 Å². The summed E-state index contributed by atoms with van der Waals surface area (Å²) < 4.78 is 5.46. The topological polar surface area (TPSA) is 68.5 Å². The van der Waals surface area contributed by atoms with Crippen molar-refractivity contribution in [3.8, 4) is 16.3 Å². The third-order valence-corrected chi connectivity index (χ3v) is 5.34. The Hall–Kier alpha value is -1.92. The van der Waals surface area contributed by atoms with E-state index in [4.69, 9.17) is 10.5 Å². The first-order chi connectivity index (χ1) is 11.6. The summed E-state index contributed by atoms with van der Waals surface area (Å²) >= 11 is 1.45. The van der Waals surface area contributed by atoms with Crippen molar-refractivity contribution in [3.63, 3.8) is 0 Å². The van der Waals surface area contributed by atoms with Gasteiger partial charge >= 0.3 is 0 Å². The molecule has 0 aliphatic carbocycles. The van der Waals surface area contributed by atoms with Crippen molar-refractivity contribution in [1.82, 2.24) is 9.88 Å². The van der Waals surface area contributed by atoms with E-state index < -0.39 is 0 Å². The molecule has 2 heterocycles. The molecule has 1 aromatic heterocycles. The SMILES string of the molecule is CCOc1ccc(-c2nc(C)c(C(=O)N3CCCC(N)C3)s2)cc1. The number of rotatable bonds is 4. The minimum absolute atomic E-state index is 0.0531. The van der Waals surface area contributed by atoms with E-state index in [1.165, 1.54) is 11.3 Å². The van der Waals surface area contributed by atoms with Gasteiger partial charge in [0.1, 0.15) is 15.6 Å². The first-order valence-corrected chi connectivity index (χ1v) is 9.15. The monoisotopic (exact) mass is 345 g/mol. The van der Waals surface area contributed by atoms with Crippen molar-refractivity contribution < 1.29 is 9.53 Å². The van der Waals surface area contributed by atoms with Crippen molar-refractivity contribution >= 4 is 17.2 Å². The van der Waals surface area contributed by atoms with Gasteiger partial charge in [0.15, 0.2) is 0 Å². The second kappa shape index (κ2) is 7.32. The number of amides is 1. The Labute approximate surface area is 146 Å². The van der Waals surface area contributed by atoms with Crippen LogP contribution >= 0.6 is 11.3 Å². The number of hydrogen-bond acceptors (Lipinski definition) is 5. The van der Waals surface area contributed by atoms with E-state index >= 15 is 0 Å². The Kier molecular flexibility index (Phi) is 5.16. The van der Waals surface area contributed by atoms with E-state index in [0.717, 1.165) is 41.4 Å². The third-order valence-electron chi connectivity index (χ3n) is 4.15. The maximum Gasteiger partial charge on any atom is 0.265 e. The Morgan fingerprint density at radius 1 is 1.42 bits per heavy atom. The molecule has 2 N–H and O–H groups in total. The summed E-state index contributed by atoms with van der Waals surface area (Å²) in [5.41, 5.74) is 7.78. The lowest BCUT2D eigenvalue weighted by Crippen LogP contribution is -2.45. The zero-order chi connectivity index (χ0) is 17.1. The van der Waals surface area contributed by atoms with Crippen LogP contribution in [-0.4, -0.2) is 41.5 Å². The molecule has 1 aliphatic rings. The lowest BCUT2D eigenvalue weighted by atomic mass is 10.1. The number of aromatic nitrogens is 1. The van der Waals surface area contributed by atoms with Gasteiger partial charge in [-0.05, 0) is 51.0 Å². The average molecular weight is 345 g/mol. The molecule has 1 amide bonds. The van der Waals surface area contributed by atoms with Crippen LogP contribution in [0, 0.1) is 6.92 Å². The summed E-state index contributed by atoms with van der Waals surface area (Å²) in [6.45, 7) is 5.91. The molecule has 1 atom stereocenters. The summed E-state index contributed by atoms with van der Waals surface area (Å²) in [7, 11) is 0. The van der Waals surface area contributed by atoms with Gasteiger partial charge in [-0.1, -0.05) is 0 Å². The molecular weight excluding hydrogens is 322 g/mol. The van der Waals surface area contributed by atoms with Crippen LogP contribution in [0.3, 0.4) is 0 Å². The molecule has 24 heavy (non-hydrogen) atoms. The first-order valence-electron chi connectivity index (χ1n) is 8.34. The van der Waals surface area contributed by atoms with Crippen molar-refractivity contribution in [2.45, 2.75) is 32.7 Å². The molecular formula is C18H23N3O2S. The minimum atomic E-state index is 0.0531. The first kappa shape index (κ1) is 16.9. The molecule has 128 valence electrons. The molecule has 3 rings (SSSR count). The number of nitrogens with zero attached hydrogens (tertiary/aromatic N) is 2. The summed E-state index contributed by atoms with van der Waals surface area (Å²) in [6.07, 6.45) is 1.96. The van der Waals surface area contributed by atoms with Crippen LogP contribution in [0.4, 0.5) is 0 Å². The van der Waals surface area contributed by atoms with E-state index in [1.54, 1.807) is 0 Å². The second-order valence-electron chi connectivity index (χ2n) is 6.04. The van der Waals surface area contributed by atoms with Crippen LogP contribution < -0.4 is 10.5 Å². The minimum Gasteiger partial charge on any atom is -0.494 e. The smallest absolute Gasteiger partial charge is 0.265 e. The van der Waals surface area contributed by atoms with Crippen molar-refractivity contribution in [3.05, 3.63) is 34.8 Å². The van der Waals surface area contributed by atoms with Crippen LogP contribution in [0.2, 0.25) is 0 Å². The molecule has 6 heteroatoms. The zero-order valence-electron chi connectivity index (χ0n) is 14.1. The standard InChI is InChI=1S/C18H23N3O2S/c1-3-23-15-8-6-13(7-9-15)17-20-12(2)16(24-17)18(22)21-10-4-5-14(19)11-21/h6-9,14H,3-5,10-11,19H2,1-2H3. The fourth-order valence-corrected chi connectivity index (χ4v) is 3.96. The van der Waals surface area contributed by atoms with Gasteiger partial charge in [-0.3, -0.25) is 4.79 Å². The Morgan fingerprint density at radius 3 is 2.83 bits per heavy atom. The summed E-state index contributed by atoms with van der Waals surface area (Å²) in [6, 6.07) is 7.91. The van der Waals surface area contributed by atoms with Gasteiger partial charge in [-0.2, -0.15) is 0 Å². The van der Waals surface area contributed by atoms with Gasteiger partial charge in [0, 0.05) is 24.7 Å². The number of thiazole rings is 1. The van der Waals surface area contributed by atoms with Gasteiger partial charge < -0.3 is 15.4 Å². The quantitative estimate of drug-likeness (QED) is 0.924. The molecule has 0 spiro atoms. The van der Waals surface area contributed by atoms with E-state index in [-0.39, 0.29) is 11.9 Å². The highest BCUT2D eigenvalue weighted by Gasteiger charge is 2.25. The largest absolute Gasteiger partial charge is 0.494 e. The molecule has 1 aliphatic heterocycles. The van der Waals surface area contributed by atoms with Crippen molar-refractivity contribution in [2.24, 2.45) is 5.73 Å². The summed E-state index contributed by atoms with van der Waals surface area (Å²) in [4.78, 5) is 19.9. The number of likely N-dealkylation sites (tertiary alicyclic amines) is 1. The van der Waals surface area contributed by atoms with Gasteiger partial charge in [-0.25, -0.2) is 4.98 Å². The average Bonchev–Trinajstić information content (AvgIpc) is 2.97. The molecule has 0 bridgehead atoms. The molecule has 1 unspecified atom stereocenters. The molecule has 1 saturated heterocycles. The van der Waals surface area contributed by atoms with Crippen LogP contribution in [0.1, 0.15) is 35.1 Å². The van der Waals surface area contributed by atoms with E-state index in [9.17, 15) is 4.79 Å². The molecule has 1 aromatic carbocycles. The van der Waals surface area contributed by atoms with E-state index in [1.807, 2.05) is 43.0 Å². The molecule has 0 saturated carbocycles. The van der Waals surface area contributed by atoms with Crippen LogP contribution in [-0.2, 0) is 0 Å². The molecule has 5 nitrogen and oxygen atoms in total. The summed E-state index contributed by atoms with van der Waals surface area (Å²) in [5.74, 6) is 0.894. The summed E-state index contributed by atoms with van der Waals surface area (Å²) in [5, 5.41) is 0.861. The Balaban J connectivity index is 1.80. The number of carbonyl (C=O) groups is 1. The maximum absolute atomic E-state index is 12.8.